The Labute approximate surface area is 199 Å². The van der Waals surface area contributed by atoms with E-state index < -0.39 is 23.1 Å². The maximum Gasteiger partial charge on any atom is 0.337 e. The van der Waals surface area contributed by atoms with Crippen molar-refractivity contribution in [2.75, 3.05) is 11.9 Å². The van der Waals surface area contributed by atoms with Gasteiger partial charge in [-0.1, -0.05) is 59.6 Å². The maximum absolute atomic E-state index is 13.4. The lowest BCUT2D eigenvalue weighted by atomic mass is 9.81. The third-order valence-electron chi connectivity index (χ3n) is 5.62. The van der Waals surface area contributed by atoms with E-state index in [0.29, 0.717) is 27.7 Å². The number of benzene rings is 2. The molecule has 1 N–H and O–H groups in total. The Morgan fingerprint density at radius 1 is 1.03 bits per heavy atom. The van der Waals surface area contributed by atoms with Crippen molar-refractivity contribution in [3.05, 3.63) is 102 Å². The molecule has 2 aromatic carbocycles. The number of halogens is 2. The van der Waals surface area contributed by atoms with Gasteiger partial charge in [-0.25, -0.2) is 9.59 Å². The van der Waals surface area contributed by atoms with Crippen molar-refractivity contribution in [1.82, 2.24) is 9.13 Å². The van der Waals surface area contributed by atoms with Crippen LogP contribution in [0.25, 0.3) is 5.70 Å². The predicted molar refractivity (Wildman–Crippen MR) is 129 cm³/mol. The Bertz CT molecular complexity index is 1410. The standard InChI is InChI=1S/C24H21Cl2N3O4/c1-4-33-23(31)18-17(14-10-11-15(25)16(26)12-14)19-21(28(2)24(32)29(3)22(19)30)27-20(18)13-8-6-5-7-9-13/h5-12,17,27H,4H2,1-3H3/t17-/m0/s1. The summed E-state index contributed by atoms with van der Waals surface area (Å²) in [5, 5.41) is 3.79. The second-order valence-corrected chi connectivity index (χ2v) is 8.39. The van der Waals surface area contributed by atoms with E-state index in [0.717, 1.165) is 4.57 Å². The minimum Gasteiger partial charge on any atom is -0.463 e. The molecule has 4 rings (SSSR count). The van der Waals surface area contributed by atoms with Crippen LogP contribution in [0.4, 0.5) is 5.82 Å². The van der Waals surface area contributed by atoms with Gasteiger partial charge in [0.15, 0.2) is 0 Å². The van der Waals surface area contributed by atoms with Gasteiger partial charge in [-0.3, -0.25) is 13.9 Å². The quantitative estimate of drug-likeness (QED) is 0.566. The Hall–Kier alpha value is -3.29. The van der Waals surface area contributed by atoms with Crippen molar-refractivity contribution in [3.8, 4) is 0 Å². The Kier molecular flexibility index (Phi) is 6.19. The number of nitrogens with zero attached hydrogens (tertiary/aromatic N) is 2. The van der Waals surface area contributed by atoms with Gasteiger partial charge in [0.05, 0.1) is 39.4 Å². The summed E-state index contributed by atoms with van der Waals surface area (Å²) in [5.41, 5.74) is 1.17. The Morgan fingerprint density at radius 2 is 1.73 bits per heavy atom. The smallest absolute Gasteiger partial charge is 0.337 e. The van der Waals surface area contributed by atoms with Gasteiger partial charge < -0.3 is 10.1 Å². The molecule has 3 aromatic rings. The van der Waals surface area contributed by atoms with E-state index >= 15 is 0 Å². The molecule has 0 saturated carbocycles. The van der Waals surface area contributed by atoms with Crippen molar-refractivity contribution in [2.24, 2.45) is 14.1 Å². The molecule has 2 heterocycles. The molecule has 1 atom stereocenters. The number of esters is 1. The summed E-state index contributed by atoms with van der Waals surface area (Å²) in [6.07, 6.45) is 0. The zero-order valence-corrected chi connectivity index (χ0v) is 19.7. The predicted octanol–water partition coefficient (Wildman–Crippen LogP) is 3.92. The molecule has 0 unspecified atom stereocenters. The summed E-state index contributed by atoms with van der Waals surface area (Å²) in [6, 6.07) is 14.1. The van der Waals surface area contributed by atoms with Gasteiger partial charge in [0.1, 0.15) is 5.82 Å². The molecule has 170 valence electrons. The first-order valence-corrected chi connectivity index (χ1v) is 11.0. The lowest BCUT2D eigenvalue weighted by molar-refractivity contribution is -0.138. The number of hydrogen-bond acceptors (Lipinski definition) is 5. The van der Waals surface area contributed by atoms with Crippen LogP contribution in [0.2, 0.25) is 10.0 Å². The van der Waals surface area contributed by atoms with Gasteiger partial charge >= 0.3 is 11.7 Å². The first-order valence-electron chi connectivity index (χ1n) is 10.2. The van der Waals surface area contributed by atoms with E-state index in [-0.39, 0.29) is 22.8 Å². The summed E-state index contributed by atoms with van der Waals surface area (Å²) < 4.78 is 7.77. The molecule has 0 radical (unpaired) electrons. The second kappa shape index (κ2) is 8.92. The fraction of sp³-hybridized carbons (Fsp3) is 0.208. The third kappa shape index (κ3) is 3.87. The van der Waals surface area contributed by atoms with Crippen molar-refractivity contribution in [1.29, 1.82) is 0 Å². The average molecular weight is 486 g/mol. The normalized spacial score (nSPS) is 15.1. The second-order valence-electron chi connectivity index (χ2n) is 7.57. The van der Waals surface area contributed by atoms with Crippen LogP contribution in [-0.2, 0) is 23.6 Å². The van der Waals surface area contributed by atoms with Gasteiger partial charge in [0.2, 0.25) is 0 Å². The van der Waals surface area contributed by atoms with Gasteiger partial charge in [0.25, 0.3) is 5.56 Å². The molecule has 0 bridgehead atoms. The monoisotopic (exact) mass is 485 g/mol. The molecular weight excluding hydrogens is 465 g/mol. The van der Waals surface area contributed by atoms with Crippen LogP contribution >= 0.6 is 23.2 Å². The van der Waals surface area contributed by atoms with Crippen molar-refractivity contribution >= 4 is 40.7 Å². The molecule has 7 nitrogen and oxygen atoms in total. The van der Waals surface area contributed by atoms with Crippen LogP contribution in [0.1, 0.15) is 29.5 Å². The number of hydrogen-bond donors (Lipinski definition) is 1. The molecule has 33 heavy (non-hydrogen) atoms. The van der Waals surface area contributed by atoms with E-state index in [9.17, 15) is 14.4 Å². The molecule has 0 aliphatic carbocycles. The number of aromatic nitrogens is 2. The molecule has 0 fully saturated rings. The molecule has 1 aliphatic heterocycles. The largest absolute Gasteiger partial charge is 0.463 e. The van der Waals surface area contributed by atoms with E-state index in [1.165, 1.54) is 11.6 Å². The summed E-state index contributed by atoms with van der Waals surface area (Å²) in [5.74, 6) is -1.14. The number of fused-ring (bicyclic) bond motifs is 1. The van der Waals surface area contributed by atoms with Crippen LogP contribution in [0, 0.1) is 0 Å². The zero-order chi connectivity index (χ0) is 23.9. The minimum atomic E-state index is -0.851. The average Bonchev–Trinajstić information content (AvgIpc) is 2.82. The number of carbonyl (C=O) groups is 1. The first kappa shape index (κ1) is 22.9. The van der Waals surface area contributed by atoms with Crippen LogP contribution in [0.15, 0.2) is 63.7 Å². The Balaban J connectivity index is 2.15. The van der Waals surface area contributed by atoms with Crippen molar-refractivity contribution < 1.29 is 9.53 Å². The van der Waals surface area contributed by atoms with Crippen LogP contribution in [0.3, 0.4) is 0 Å². The highest BCUT2D eigenvalue weighted by atomic mass is 35.5. The Morgan fingerprint density at radius 3 is 2.36 bits per heavy atom. The van der Waals surface area contributed by atoms with Crippen molar-refractivity contribution in [2.45, 2.75) is 12.8 Å². The fourth-order valence-electron chi connectivity index (χ4n) is 4.04. The van der Waals surface area contributed by atoms with Crippen LogP contribution < -0.4 is 16.6 Å². The van der Waals surface area contributed by atoms with Gasteiger partial charge in [0, 0.05) is 14.1 Å². The molecule has 0 spiro atoms. The highest BCUT2D eigenvalue weighted by molar-refractivity contribution is 6.42. The van der Waals surface area contributed by atoms with E-state index in [2.05, 4.69) is 5.32 Å². The lowest BCUT2D eigenvalue weighted by Gasteiger charge is -2.32. The van der Waals surface area contributed by atoms with Gasteiger partial charge in [-0.05, 0) is 30.2 Å². The third-order valence-corrected chi connectivity index (χ3v) is 6.36. The molecule has 9 heteroatoms. The van der Waals surface area contributed by atoms with Gasteiger partial charge in [-0.2, -0.15) is 0 Å². The molecule has 0 amide bonds. The number of ether oxygens (including phenoxy) is 1. The highest BCUT2D eigenvalue weighted by Gasteiger charge is 2.39. The van der Waals surface area contributed by atoms with Crippen LogP contribution in [0.5, 0.6) is 0 Å². The van der Waals surface area contributed by atoms with E-state index in [1.807, 2.05) is 30.3 Å². The topological polar surface area (TPSA) is 82.3 Å². The SMILES string of the molecule is CCOC(=O)C1=C(c2ccccc2)Nc2c(c(=O)n(C)c(=O)n2C)[C@H]1c1ccc(Cl)c(Cl)c1. The summed E-state index contributed by atoms with van der Waals surface area (Å²) in [7, 11) is 2.97. The summed E-state index contributed by atoms with van der Waals surface area (Å²) >= 11 is 12.4. The molecule has 0 saturated heterocycles. The maximum atomic E-state index is 13.4. The minimum absolute atomic E-state index is 0.149. The molecular formula is C24H21Cl2N3O4. The highest BCUT2D eigenvalue weighted by Crippen LogP contribution is 2.43. The number of anilines is 1. The number of rotatable bonds is 4. The molecule has 1 aliphatic rings. The fourth-order valence-corrected chi connectivity index (χ4v) is 4.35. The van der Waals surface area contributed by atoms with E-state index in [4.69, 9.17) is 27.9 Å². The summed E-state index contributed by atoms with van der Waals surface area (Å²) in [4.78, 5) is 39.4. The van der Waals surface area contributed by atoms with Crippen molar-refractivity contribution in [3.63, 3.8) is 0 Å². The van der Waals surface area contributed by atoms with Gasteiger partial charge in [-0.15, -0.1) is 0 Å². The summed E-state index contributed by atoms with van der Waals surface area (Å²) in [6.45, 7) is 1.86. The van der Waals surface area contributed by atoms with E-state index in [1.54, 1.807) is 32.2 Å². The number of carbonyl (C=O) groups excluding carboxylic acids is 1. The molecule has 1 aromatic heterocycles. The van der Waals surface area contributed by atoms with Crippen LogP contribution in [-0.4, -0.2) is 21.7 Å². The lowest BCUT2D eigenvalue weighted by Crippen LogP contribution is -2.43. The zero-order valence-electron chi connectivity index (χ0n) is 18.2. The number of nitrogens with one attached hydrogen (secondary N) is 1. The first-order chi connectivity index (χ1) is 15.8.